The molecule has 0 spiro atoms. The Hall–Kier alpha value is -2.56. The van der Waals surface area contributed by atoms with E-state index in [1.165, 1.54) is 25.7 Å². The summed E-state index contributed by atoms with van der Waals surface area (Å²) in [6.07, 6.45) is 9.97. The fourth-order valence-electron chi connectivity index (χ4n) is 4.38. The van der Waals surface area contributed by atoms with Gasteiger partial charge in [0.1, 0.15) is 12.4 Å². The number of piperidine rings is 1. The van der Waals surface area contributed by atoms with E-state index in [1.807, 2.05) is 41.4 Å². The van der Waals surface area contributed by atoms with Gasteiger partial charge < -0.3 is 14.5 Å². The molecule has 29 heavy (non-hydrogen) atoms. The molecule has 2 aliphatic rings. The van der Waals surface area contributed by atoms with E-state index < -0.39 is 0 Å². The molecule has 0 unspecified atom stereocenters. The van der Waals surface area contributed by atoms with E-state index in [-0.39, 0.29) is 12.1 Å². The van der Waals surface area contributed by atoms with Crippen molar-refractivity contribution in [3.63, 3.8) is 0 Å². The molecular weight excluding hydrogens is 362 g/mol. The van der Waals surface area contributed by atoms with Gasteiger partial charge in [0, 0.05) is 25.8 Å². The van der Waals surface area contributed by atoms with Gasteiger partial charge in [0.2, 0.25) is 0 Å². The number of ether oxygens (including phenoxy) is 1. The van der Waals surface area contributed by atoms with Crippen molar-refractivity contribution < 1.29 is 9.53 Å². The van der Waals surface area contributed by atoms with Crippen molar-refractivity contribution in [2.24, 2.45) is 0 Å². The summed E-state index contributed by atoms with van der Waals surface area (Å²) in [5.41, 5.74) is 2.12. The predicted molar refractivity (Wildman–Crippen MR) is 115 cm³/mol. The van der Waals surface area contributed by atoms with Gasteiger partial charge in [-0.3, -0.25) is 0 Å². The molecule has 2 aromatic rings. The largest absolute Gasteiger partial charge is 0.445 e. The van der Waals surface area contributed by atoms with E-state index in [2.05, 4.69) is 17.0 Å². The first-order chi connectivity index (χ1) is 14.3. The molecule has 4 rings (SSSR count). The average Bonchev–Trinajstić information content (AvgIpc) is 3.08. The number of anilines is 1. The SMILES string of the molecule is O=C(OCc1ccccc1)N1CCCC[C@@H]1c1ccc(N2CCCCCC2)nc1. The number of hydrogen-bond acceptors (Lipinski definition) is 4. The van der Waals surface area contributed by atoms with Crippen LogP contribution in [0, 0.1) is 0 Å². The van der Waals surface area contributed by atoms with E-state index in [4.69, 9.17) is 9.72 Å². The number of nitrogens with zero attached hydrogens (tertiary/aromatic N) is 3. The maximum Gasteiger partial charge on any atom is 0.410 e. The van der Waals surface area contributed by atoms with E-state index in [0.717, 1.165) is 55.8 Å². The van der Waals surface area contributed by atoms with Crippen molar-refractivity contribution in [2.45, 2.75) is 57.6 Å². The molecular formula is C24H31N3O2. The summed E-state index contributed by atoms with van der Waals surface area (Å²) in [5.74, 6) is 1.06. The lowest BCUT2D eigenvalue weighted by Gasteiger charge is -2.35. The first-order valence-corrected chi connectivity index (χ1v) is 11.0. The van der Waals surface area contributed by atoms with Crippen LogP contribution in [0.25, 0.3) is 0 Å². The molecule has 5 heteroatoms. The third-order valence-electron chi connectivity index (χ3n) is 6.03. The van der Waals surface area contributed by atoms with Crippen LogP contribution < -0.4 is 4.90 Å². The number of hydrogen-bond donors (Lipinski definition) is 0. The highest BCUT2D eigenvalue weighted by Gasteiger charge is 2.29. The molecule has 2 aliphatic heterocycles. The molecule has 1 amide bonds. The maximum absolute atomic E-state index is 12.8. The first kappa shape index (κ1) is 19.7. The highest BCUT2D eigenvalue weighted by molar-refractivity contribution is 5.68. The van der Waals surface area contributed by atoms with Crippen molar-refractivity contribution in [2.75, 3.05) is 24.5 Å². The van der Waals surface area contributed by atoms with Crippen LogP contribution >= 0.6 is 0 Å². The van der Waals surface area contributed by atoms with Crippen molar-refractivity contribution in [1.82, 2.24) is 9.88 Å². The zero-order valence-electron chi connectivity index (χ0n) is 17.1. The fraction of sp³-hybridized carbons (Fsp3) is 0.500. The van der Waals surface area contributed by atoms with Crippen LogP contribution in [0.4, 0.5) is 10.6 Å². The van der Waals surface area contributed by atoms with Crippen molar-refractivity contribution in [1.29, 1.82) is 0 Å². The minimum absolute atomic E-state index is 0.0534. The third-order valence-corrected chi connectivity index (χ3v) is 6.03. The number of benzene rings is 1. The second-order valence-electron chi connectivity index (χ2n) is 8.10. The Morgan fingerprint density at radius 3 is 2.41 bits per heavy atom. The summed E-state index contributed by atoms with van der Waals surface area (Å²) in [4.78, 5) is 21.8. The van der Waals surface area contributed by atoms with Gasteiger partial charge in [-0.05, 0) is 49.3 Å². The van der Waals surface area contributed by atoms with Crippen LogP contribution in [0.5, 0.6) is 0 Å². The molecule has 1 atom stereocenters. The highest BCUT2D eigenvalue weighted by Crippen LogP contribution is 2.32. The third kappa shape index (κ3) is 5.08. The number of rotatable bonds is 4. The Morgan fingerprint density at radius 1 is 0.931 bits per heavy atom. The van der Waals surface area contributed by atoms with Gasteiger partial charge in [-0.1, -0.05) is 49.2 Å². The van der Waals surface area contributed by atoms with Crippen LogP contribution in [0.3, 0.4) is 0 Å². The Labute approximate surface area is 173 Å². The lowest BCUT2D eigenvalue weighted by Crippen LogP contribution is -2.38. The summed E-state index contributed by atoms with van der Waals surface area (Å²) in [5, 5.41) is 0. The van der Waals surface area contributed by atoms with Crippen LogP contribution in [0.1, 0.15) is 62.1 Å². The van der Waals surface area contributed by atoms with Gasteiger partial charge >= 0.3 is 6.09 Å². The molecule has 1 aromatic heterocycles. The molecule has 2 fully saturated rings. The molecule has 0 saturated carbocycles. The fourth-order valence-corrected chi connectivity index (χ4v) is 4.38. The molecule has 0 aliphatic carbocycles. The van der Waals surface area contributed by atoms with E-state index in [0.29, 0.717) is 6.61 Å². The van der Waals surface area contributed by atoms with Gasteiger partial charge in [-0.2, -0.15) is 0 Å². The van der Waals surface area contributed by atoms with Gasteiger partial charge in [-0.15, -0.1) is 0 Å². The normalized spacial score (nSPS) is 20.2. The van der Waals surface area contributed by atoms with Crippen LogP contribution in [-0.4, -0.2) is 35.6 Å². The molecule has 0 radical (unpaired) electrons. The zero-order chi connectivity index (χ0) is 19.9. The second kappa shape index (κ2) is 9.77. The Bertz CT molecular complexity index is 770. The quantitative estimate of drug-likeness (QED) is 0.705. The molecule has 154 valence electrons. The monoisotopic (exact) mass is 393 g/mol. The number of carbonyl (C=O) groups is 1. The first-order valence-electron chi connectivity index (χ1n) is 11.0. The number of pyridine rings is 1. The lowest BCUT2D eigenvalue weighted by molar-refractivity contribution is 0.0678. The Morgan fingerprint density at radius 2 is 1.69 bits per heavy atom. The summed E-state index contributed by atoms with van der Waals surface area (Å²) in [6.45, 7) is 3.24. The van der Waals surface area contributed by atoms with Crippen LogP contribution in [0.2, 0.25) is 0 Å². The van der Waals surface area contributed by atoms with Gasteiger partial charge in [0.05, 0.1) is 6.04 Å². The summed E-state index contributed by atoms with van der Waals surface area (Å²) in [7, 11) is 0. The summed E-state index contributed by atoms with van der Waals surface area (Å²) >= 11 is 0. The molecule has 2 saturated heterocycles. The Balaban J connectivity index is 1.41. The van der Waals surface area contributed by atoms with Crippen LogP contribution in [0.15, 0.2) is 48.7 Å². The van der Waals surface area contributed by atoms with E-state index >= 15 is 0 Å². The smallest absolute Gasteiger partial charge is 0.410 e. The number of amides is 1. The summed E-state index contributed by atoms with van der Waals surface area (Å²) in [6, 6.07) is 14.2. The highest BCUT2D eigenvalue weighted by atomic mass is 16.6. The maximum atomic E-state index is 12.8. The number of carbonyl (C=O) groups excluding carboxylic acids is 1. The van der Waals surface area contributed by atoms with Crippen molar-refractivity contribution in [3.05, 3.63) is 59.8 Å². The minimum atomic E-state index is -0.227. The second-order valence-corrected chi connectivity index (χ2v) is 8.10. The molecule has 5 nitrogen and oxygen atoms in total. The van der Waals surface area contributed by atoms with E-state index in [9.17, 15) is 4.79 Å². The standard InChI is InChI=1S/C24H31N3O2/c28-24(29-19-20-10-4-3-5-11-20)27-17-9-6-12-22(27)21-13-14-23(25-18-21)26-15-7-1-2-8-16-26/h3-5,10-11,13-14,18,22H,1-2,6-9,12,15-17,19H2/t22-/m1/s1. The molecule has 1 aromatic carbocycles. The minimum Gasteiger partial charge on any atom is -0.445 e. The zero-order valence-corrected chi connectivity index (χ0v) is 17.1. The topological polar surface area (TPSA) is 45.7 Å². The molecule has 0 N–H and O–H groups in total. The van der Waals surface area contributed by atoms with E-state index in [1.54, 1.807) is 0 Å². The van der Waals surface area contributed by atoms with Gasteiger partial charge in [-0.25, -0.2) is 9.78 Å². The molecule has 0 bridgehead atoms. The average molecular weight is 394 g/mol. The number of likely N-dealkylation sites (tertiary alicyclic amines) is 1. The van der Waals surface area contributed by atoms with Crippen molar-refractivity contribution >= 4 is 11.9 Å². The number of aromatic nitrogens is 1. The molecule has 3 heterocycles. The van der Waals surface area contributed by atoms with Gasteiger partial charge in [0.15, 0.2) is 0 Å². The van der Waals surface area contributed by atoms with Gasteiger partial charge in [0.25, 0.3) is 0 Å². The lowest BCUT2D eigenvalue weighted by atomic mass is 9.97. The summed E-state index contributed by atoms with van der Waals surface area (Å²) < 4.78 is 5.61. The predicted octanol–water partition coefficient (Wildman–Crippen LogP) is 5.33. The Kier molecular flexibility index (Phi) is 6.65. The van der Waals surface area contributed by atoms with Crippen molar-refractivity contribution in [3.8, 4) is 0 Å². The van der Waals surface area contributed by atoms with Crippen LogP contribution in [-0.2, 0) is 11.3 Å².